The molecule has 9 nitrogen and oxygen atoms in total. The minimum Gasteiger partial charge on any atom is -0.457 e. The van der Waals surface area contributed by atoms with Gasteiger partial charge in [0.05, 0.1) is 4.90 Å². The lowest BCUT2D eigenvalue weighted by Gasteiger charge is -2.10. The molecule has 0 saturated heterocycles. The summed E-state index contributed by atoms with van der Waals surface area (Å²) in [7, 11) is -3.81. The van der Waals surface area contributed by atoms with Crippen molar-refractivity contribution in [2.24, 2.45) is 5.14 Å². The van der Waals surface area contributed by atoms with Gasteiger partial charge in [0.15, 0.2) is 0 Å². The molecule has 0 radical (unpaired) electrons. The van der Waals surface area contributed by atoms with Gasteiger partial charge in [0.25, 0.3) is 11.8 Å². The monoisotopic (exact) mass is 483 g/mol. The number of benzene rings is 2. The molecule has 0 aliphatic carbocycles. The van der Waals surface area contributed by atoms with E-state index in [4.69, 9.17) is 14.7 Å². The molecule has 34 heavy (non-hydrogen) atoms. The normalized spacial score (nSPS) is 11.8. The third-order valence-corrected chi connectivity index (χ3v) is 5.74. The minimum absolute atomic E-state index is 0.0245. The summed E-state index contributed by atoms with van der Waals surface area (Å²) in [4.78, 5) is 25.3. The molecule has 0 fully saturated rings. The largest absolute Gasteiger partial charge is 0.457 e. The number of carbonyl (C=O) groups is 2. The molecule has 0 saturated carbocycles. The minimum atomic E-state index is -3.81. The van der Waals surface area contributed by atoms with Crippen LogP contribution in [0.5, 0.6) is 0 Å². The first kappa shape index (κ1) is 24.9. The van der Waals surface area contributed by atoms with Crippen LogP contribution in [0, 0.1) is 6.92 Å². The number of aliphatic hydroxyl groups excluding tert-OH is 1. The number of aliphatic hydroxyl groups is 1. The average Bonchev–Trinajstić information content (AvgIpc) is 3.27. The van der Waals surface area contributed by atoms with Gasteiger partial charge >= 0.3 is 0 Å². The topological polar surface area (TPSA) is 152 Å². The van der Waals surface area contributed by atoms with E-state index in [1.807, 2.05) is 6.92 Å². The number of primary sulfonamides is 1. The van der Waals surface area contributed by atoms with Crippen LogP contribution in [0.4, 0.5) is 0 Å². The Morgan fingerprint density at radius 3 is 2.32 bits per heavy atom. The molecule has 1 aromatic heterocycles. The van der Waals surface area contributed by atoms with E-state index in [0.717, 1.165) is 5.56 Å². The lowest BCUT2D eigenvalue weighted by atomic mass is 10.1. The highest BCUT2D eigenvalue weighted by Gasteiger charge is 2.16. The van der Waals surface area contributed by atoms with Gasteiger partial charge in [0.1, 0.15) is 17.2 Å². The first-order valence-electron chi connectivity index (χ1n) is 10.4. The van der Waals surface area contributed by atoms with Crippen LogP contribution in [0.1, 0.15) is 28.1 Å². The van der Waals surface area contributed by atoms with E-state index < -0.39 is 21.8 Å². The summed E-state index contributed by atoms with van der Waals surface area (Å²) in [5.41, 5.74) is 1.95. The Morgan fingerprint density at radius 1 is 1.03 bits per heavy atom. The van der Waals surface area contributed by atoms with Crippen molar-refractivity contribution >= 4 is 27.9 Å². The van der Waals surface area contributed by atoms with Crippen LogP contribution in [-0.4, -0.2) is 38.5 Å². The summed E-state index contributed by atoms with van der Waals surface area (Å²) < 4.78 is 28.6. The molecule has 10 heteroatoms. The molecule has 0 unspecified atom stereocenters. The summed E-state index contributed by atoms with van der Waals surface area (Å²) in [6, 6.07) is 16.0. The molecular formula is C24H25N3O6S. The van der Waals surface area contributed by atoms with Crippen molar-refractivity contribution in [3.8, 4) is 11.3 Å². The van der Waals surface area contributed by atoms with Gasteiger partial charge in [-0.3, -0.25) is 9.59 Å². The fourth-order valence-corrected chi connectivity index (χ4v) is 3.49. The number of nitrogens with one attached hydrogen (secondary N) is 2. The number of amides is 2. The third-order valence-electron chi connectivity index (χ3n) is 4.81. The van der Waals surface area contributed by atoms with E-state index in [9.17, 15) is 18.0 Å². The fourth-order valence-electron chi connectivity index (χ4n) is 2.97. The van der Waals surface area contributed by atoms with E-state index in [1.165, 1.54) is 18.2 Å². The van der Waals surface area contributed by atoms with Crippen LogP contribution in [-0.2, 0) is 14.8 Å². The second kappa shape index (κ2) is 10.9. The van der Waals surface area contributed by atoms with Crippen molar-refractivity contribution < 1.29 is 27.5 Å². The van der Waals surface area contributed by atoms with Gasteiger partial charge in [-0.05, 0) is 61.9 Å². The van der Waals surface area contributed by atoms with Crippen LogP contribution < -0.4 is 15.8 Å². The predicted molar refractivity (Wildman–Crippen MR) is 127 cm³/mol. The zero-order chi connectivity index (χ0) is 24.7. The summed E-state index contributed by atoms with van der Waals surface area (Å²) >= 11 is 0. The summed E-state index contributed by atoms with van der Waals surface area (Å²) in [5, 5.41) is 19.3. The Bertz CT molecular complexity index is 1290. The highest BCUT2D eigenvalue weighted by molar-refractivity contribution is 7.89. The maximum absolute atomic E-state index is 12.7. The second-order valence-electron chi connectivity index (χ2n) is 7.48. The van der Waals surface area contributed by atoms with Gasteiger partial charge < -0.3 is 20.2 Å². The number of aryl methyl sites for hydroxylation is 1. The average molecular weight is 484 g/mol. The number of furan rings is 1. The molecule has 5 N–H and O–H groups in total. The van der Waals surface area contributed by atoms with Gasteiger partial charge in [0, 0.05) is 30.4 Å². The molecule has 3 rings (SSSR count). The first-order valence-corrected chi connectivity index (χ1v) is 11.9. The molecule has 0 aliphatic heterocycles. The first-order chi connectivity index (χ1) is 16.2. The quantitative estimate of drug-likeness (QED) is 0.270. The number of nitrogens with two attached hydrogens (primary N) is 1. The number of rotatable bonds is 9. The molecule has 0 atom stereocenters. The molecule has 0 aliphatic rings. The van der Waals surface area contributed by atoms with Crippen molar-refractivity contribution in [3.05, 3.63) is 83.2 Å². The molecule has 0 spiro atoms. The third kappa shape index (κ3) is 6.64. The molecular weight excluding hydrogens is 458 g/mol. The Balaban J connectivity index is 1.85. The molecule has 178 valence electrons. The van der Waals surface area contributed by atoms with Crippen molar-refractivity contribution in [1.29, 1.82) is 0 Å². The molecule has 2 amide bonds. The highest BCUT2D eigenvalue weighted by Crippen LogP contribution is 2.24. The van der Waals surface area contributed by atoms with E-state index in [-0.39, 0.29) is 23.7 Å². The van der Waals surface area contributed by atoms with Crippen LogP contribution in [0.25, 0.3) is 17.4 Å². The number of hydrogen-bond acceptors (Lipinski definition) is 6. The van der Waals surface area contributed by atoms with Gasteiger partial charge in [-0.25, -0.2) is 13.6 Å². The van der Waals surface area contributed by atoms with Crippen molar-refractivity contribution in [2.75, 3.05) is 13.2 Å². The summed E-state index contributed by atoms with van der Waals surface area (Å²) in [6.45, 7) is 2.05. The lowest BCUT2D eigenvalue weighted by molar-refractivity contribution is -0.117. The zero-order valence-corrected chi connectivity index (χ0v) is 19.3. The number of hydrogen-bond donors (Lipinski definition) is 4. The smallest absolute Gasteiger partial charge is 0.267 e. The van der Waals surface area contributed by atoms with Crippen molar-refractivity contribution in [3.63, 3.8) is 0 Å². The SMILES string of the molecule is Cc1ccc(C(=O)NC(=Cc2ccc(-c3ccc(S(N)(=O)=O)cc3)o2)C(=O)NCCCO)cc1. The van der Waals surface area contributed by atoms with E-state index >= 15 is 0 Å². The Hall–Kier alpha value is -3.73. The van der Waals surface area contributed by atoms with Gasteiger partial charge in [-0.1, -0.05) is 17.7 Å². The molecule has 1 heterocycles. The van der Waals surface area contributed by atoms with Crippen molar-refractivity contribution in [2.45, 2.75) is 18.2 Å². The summed E-state index contributed by atoms with van der Waals surface area (Å²) in [5.74, 6) is -0.280. The number of carbonyl (C=O) groups excluding carboxylic acids is 2. The van der Waals surface area contributed by atoms with Crippen LogP contribution in [0.3, 0.4) is 0 Å². The Morgan fingerprint density at radius 2 is 1.71 bits per heavy atom. The summed E-state index contributed by atoms with van der Waals surface area (Å²) in [6.07, 6.45) is 1.76. The molecule has 2 aromatic carbocycles. The lowest BCUT2D eigenvalue weighted by Crippen LogP contribution is -2.35. The van der Waals surface area contributed by atoms with Gasteiger partial charge in [-0.15, -0.1) is 0 Å². The maximum atomic E-state index is 12.7. The molecule has 3 aromatic rings. The Kier molecular flexibility index (Phi) is 8.00. The van der Waals surface area contributed by atoms with Gasteiger partial charge in [-0.2, -0.15) is 0 Å². The van der Waals surface area contributed by atoms with Crippen LogP contribution >= 0.6 is 0 Å². The van der Waals surface area contributed by atoms with Gasteiger partial charge in [0.2, 0.25) is 10.0 Å². The standard InChI is InChI=1S/C24H25N3O6S/c1-16-3-5-18(6-4-16)23(29)27-21(24(30)26-13-2-14-28)15-19-9-12-22(33-19)17-7-10-20(11-8-17)34(25,31)32/h3-12,15,28H,2,13-14H2,1H3,(H,26,30)(H,27,29)(H2,25,31,32). The number of sulfonamides is 1. The zero-order valence-electron chi connectivity index (χ0n) is 18.4. The maximum Gasteiger partial charge on any atom is 0.267 e. The van der Waals surface area contributed by atoms with Crippen molar-refractivity contribution in [1.82, 2.24) is 10.6 Å². The molecule has 0 bridgehead atoms. The Labute approximate surface area is 197 Å². The second-order valence-corrected chi connectivity index (χ2v) is 9.04. The van der Waals surface area contributed by atoms with E-state index in [2.05, 4.69) is 10.6 Å². The highest BCUT2D eigenvalue weighted by atomic mass is 32.2. The van der Waals surface area contributed by atoms with E-state index in [1.54, 1.807) is 48.5 Å². The van der Waals surface area contributed by atoms with Crippen LogP contribution in [0.2, 0.25) is 0 Å². The van der Waals surface area contributed by atoms with E-state index in [0.29, 0.717) is 29.1 Å². The predicted octanol–water partition coefficient (Wildman–Crippen LogP) is 2.17. The van der Waals surface area contributed by atoms with Crippen LogP contribution in [0.15, 0.2) is 75.7 Å². The fraction of sp³-hybridized carbons (Fsp3) is 0.167.